The summed E-state index contributed by atoms with van der Waals surface area (Å²) in [6, 6.07) is 14.8. The summed E-state index contributed by atoms with van der Waals surface area (Å²) in [5, 5.41) is 2.85. The van der Waals surface area contributed by atoms with Crippen molar-refractivity contribution in [1.82, 2.24) is 0 Å². The van der Waals surface area contributed by atoms with Gasteiger partial charge in [-0.1, -0.05) is 30.3 Å². The van der Waals surface area contributed by atoms with Gasteiger partial charge in [-0.3, -0.25) is 9.59 Å². The van der Waals surface area contributed by atoms with Gasteiger partial charge in [0, 0.05) is 5.56 Å². The van der Waals surface area contributed by atoms with Crippen LogP contribution in [-0.2, 0) is 11.2 Å². The molecule has 0 fully saturated rings. The van der Waals surface area contributed by atoms with E-state index in [4.69, 9.17) is 4.74 Å². The summed E-state index contributed by atoms with van der Waals surface area (Å²) in [7, 11) is 0. The summed E-state index contributed by atoms with van der Waals surface area (Å²) in [6.07, 6.45) is 0.643. The van der Waals surface area contributed by atoms with E-state index in [0.29, 0.717) is 24.3 Å². The van der Waals surface area contributed by atoms with Crippen LogP contribution in [0.15, 0.2) is 48.5 Å². The van der Waals surface area contributed by atoms with Crippen molar-refractivity contribution in [2.75, 3.05) is 11.9 Å². The van der Waals surface area contributed by atoms with Crippen molar-refractivity contribution in [2.24, 2.45) is 5.92 Å². The summed E-state index contributed by atoms with van der Waals surface area (Å²) in [6.45, 7) is 1.84. The molecule has 112 valence electrons. The molecule has 0 saturated carbocycles. The van der Waals surface area contributed by atoms with Crippen molar-refractivity contribution in [1.29, 1.82) is 0 Å². The van der Waals surface area contributed by atoms with E-state index in [0.717, 1.165) is 11.3 Å². The second-order valence-electron chi connectivity index (χ2n) is 5.41. The number of nitrogens with one attached hydrogen (secondary N) is 1. The van der Waals surface area contributed by atoms with Crippen molar-refractivity contribution < 1.29 is 14.3 Å². The zero-order chi connectivity index (χ0) is 15.5. The second-order valence-corrected chi connectivity index (χ2v) is 5.41. The lowest BCUT2D eigenvalue weighted by molar-refractivity contribution is -0.121. The van der Waals surface area contributed by atoms with Crippen LogP contribution in [0.2, 0.25) is 0 Å². The Morgan fingerprint density at radius 1 is 1.09 bits per heavy atom. The lowest BCUT2D eigenvalue weighted by Crippen LogP contribution is -2.32. The van der Waals surface area contributed by atoms with Gasteiger partial charge in [0.1, 0.15) is 12.4 Å². The fourth-order valence-electron chi connectivity index (χ4n) is 2.63. The highest BCUT2D eigenvalue weighted by molar-refractivity contribution is 6.04. The van der Waals surface area contributed by atoms with Gasteiger partial charge in [-0.15, -0.1) is 0 Å². The number of Topliss-reactive ketones (excluding diaryl/α,β-unsaturated/α-hetero) is 1. The molecule has 4 nitrogen and oxygen atoms in total. The monoisotopic (exact) mass is 295 g/mol. The van der Waals surface area contributed by atoms with Crippen LogP contribution in [0, 0.1) is 5.92 Å². The molecule has 1 aliphatic rings. The number of ketones is 1. The van der Waals surface area contributed by atoms with E-state index in [1.54, 1.807) is 24.3 Å². The molecule has 0 saturated heterocycles. The molecule has 0 aromatic heterocycles. The first-order chi connectivity index (χ1) is 10.6. The summed E-state index contributed by atoms with van der Waals surface area (Å²) >= 11 is 0. The molecule has 0 aliphatic carbocycles. The minimum Gasteiger partial charge on any atom is -0.492 e. The Labute approximate surface area is 129 Å². The molecule has 1 N–H and O–H groups in total. The molecule has 1 heterocycles. The quantitative estimate of drug-likeness (QED) is 0.885. The summed E-state index contributed by atoms with van der Waals surface area (Å²) in [5.74, 6) is 0.398. The number of amides is 1. The zero-order valence-corrected chi connectivity index (χ0v) is 12.3. The van der Waals surface area contributed by atoms with E-state index in [1.165, 1.54) is 6.92 Å². The molecular formula is C18H17NO3. The number of benzene rings is 2. The standard InChI is InChI=1S/C18H17NO3/c1-12(20)15-7-3-4-8-16(15)19-18(21)14-10-13-6-2-5-9-17(13)22-11-14/h2-9,14H,10-11H2,1H3,(H,19,21). The lowest BCUT2D eigenvalue weighted by atomic mass is 9.96. The zero-order valence-electron chi connectivity index (χ0n) is 12.3. The number of fused-ring (bicyclic) bond motifs is 1. The number of hydrogen-bond donors (Lipinski definition) is 1. The normalized spacial score (nSPS) is 16.3. The largest absolute Gasteiger partial charge is 0.492 e. The van der Waals surface area contributed by atoms with Gasteiger partial charge in [0.25, 0.3) is 0 Å². The Morgan fingerprint density at radius 2 is 1.82 bits per heavy atom. The first-order valence-corrected chi connectivity index (χ1v) is 7.26. The third-order valence-corrected chi connectivity index (χ3v) is 3.81. The van der Waals surface area contributed by atoms with E-state index in [-0.39, 0.29) is 17.6 Å². The van der Waals surface area contributed by atoms with Crippen LogP contribution >= 0.6 is 0 Å². The smallest absolute Gasteiger partial charge is 0.231 e. The third kappa shape index (κ3) is 2.86. The fraction of sp³-hybridized carbons (Fsp3) is 0.222. The van der Waals surface area contributed by atoms with Crippen LogP contribution in [-0.4, -0.2) is 18.3 Å². The maximum Gasteiger partial charge on any atom is 0.231 e. The molecule has 4 heteroatoms. The topological polar surface area (TPSA) is 55.4 Å². The van der Waals surface area contributed by atoms with Crippen molar-refractivity contribution in [2.45, 2.75) is 13.3 Å². The minimum atomic E-state index is -0.255. The number of ether oxygens (including phenoxy) is 1. The maximum absolute atomic E-state index is 12.4. The predicted molar refractivity (Wildman–Crippen MR) is 84.2 cm³/mol. The number of rotatable bonds is 3. The van der Waals surface area contributed by atoms with Gasteiger partial charge in [0.15, 0.2) is 5.78 Å². The number of hydrogen-bond acceptors (Lipinski definition) is 3. The van der Waals surface area contributed by atoms with Crippen LogP contribution < -0.4 is 10.1 Å². The second kappa shape index (κ2) is 6.02. The average Bonchev–Trinajstić information content (AvgIpc) is 2.54. The maximum atomic E-state index is 12.4. The molecule has 1 atom stereocenters. The molecule has 1 aliphatic heterocycles. The van der Waals surface area contributed by atoms with Crippen LogP contribution in [0.5, 0.6) is 5.75 Å². The molecule has 1 amide bonds. The molecule has 0 bridgehead atoms. The van der Waals surface area contributed by atoms with Crippen molar-refractivity contribution in [3.63, 3.8) is 0 Å². The summed E-state index contributed by atoms with van der Waals surface area (Å²) < 4.78 is 5.64. The number of anilines is 1. The summed E-state index contributed by atoms with van der Waals surface area (Å²) in [5.41, 5.74) is 2.11. The molecule has 3 rings (SSSR count). The number of carbonyl (C=O) groups excluding carboxylic acids is 2. The Bertz CT molecular complexity index is 724. The predicted octanol–water partition coefficient (Wildman–Crippen LogP) is 3.08. The lowest BCUT2D eigenvalue weighted by Gasteiger charge is -2.24. The molecule has 2 aromatic rings. The van der Waals surface area contributed by atoms with E-state index >= 15 is 0 Å². The van der Waals surface area contributed by atoms with Gasteiger partial charge in [-0.25, -0.2) is 0 Å². The Hall–Kier alpha value is -2.62. The van der Waals surface area contributed by atoms with Gasteiger partial charge in [0.05, 0.1) is 11.6 Å². The average molecular weight is 295 g/mol. The van der Waals surface area contributed by atoms with Gasteiger partial charge >= 0.3 is 0 Å². The van der Waals surface area contributed by atoms with Gasteiger partial charge in [0.2, 0.25) is 5.91 Å². The van der Waals surface area contributed by atoms with Gasteiger partial charge in [-0.2, -0.15) is 0 Å². The van der Waals surface area contributed by atoms with Gasteiger partial charge in [-0.05, 0) is 37.1 Å². The van der Waals surface area contributed by atoms with Crippen LogP contribution in [0.4, 0.5) is 5.69 Å². The molecule has 0 radical (unpaired) electrons. The van der Waals surface area contributed by atoms with Crippen LogP contribution in [0.3, 0.4) is 0 Å². The molecule has 2 aromatic carbocycles. The van der Waals surface area contributed by atoms with Crippen LogP contribution in [0.25, 0.3) is 0 Å². The molecule has 1 unspecified atom stereocenters. The van der Waals surface area contributed by atoms with E-state index in [1.807, 2.05) is 24.3 Å². The Morgan fingerprint density at radius 3 is 2.64 bits per heavy atom. The fourth-order valence-corrected chi connectivity index (χ4v) is 2.63. The minimum absolute atomic E-state index is 0.0684. The van der Waals surface area contributed by atoms with E-state index in [9.17, 15) is 9.59 Å². The highest BCUT2D eigenvalue weighted by Crippen LogP contribution is 2.27. The van der Waals surface area contributed by atoms with Crippen molar-refractivity contribution in [3.8, 4) is 5.75 Å². The SMILES string of the molecule is CC(=O)c1ccccc1NC(=O)C1COc2ccccc2C1. The van der Waals surface area contributed by atoms with Crippen molar-refractivity contribution in [3.05, 3.63) is 59.7 Å². The highest BCUT2D eigenvalue weighted by atomic mass is 16.5. The number of carbonyl (C=O) groups is 2. The highest BCUT2D eigenvalue weighted by Gasteiger charge is 2.26. The molecule has 22 heavy (non-hydrogen) atoms. The van der Waals surface area contributed by atoms with E-state index < -0.39 is 0 Å². The molecule has 0 spiro atoms. The number of para-hydroxylation sites is 2. The first kappa shape index (κ1) is 14.3. The third-order valence-electron chi connectivity index (χ3n) is 3.81. The summed E-state index contributed by atoms with van der Waals surface area (Å²) in [4.78, 5) is 24.1. The Kier molecular flexibility index (Phi) is 3.92. The molecular weight excluding hydrogens is 278 g/mol. The van der Waals surface area contributed by atoms with Crippen molar-refractivity contribution >= 4 is 17.4 Å². The van der Waals surface area contributed by atoms with E-state index in [2.05, 4.69) is 5.32 Å². The first-order valence-electron chi connectivity index (χ1n) is 7.26. The van der Waals surface area contributed by atoms with Crippen LogP contribution in [0.1, 0.15) is 22.8 Å². The Balaban J connectivity index is 1.75. The van der Waals surface area contributed by atoms with Gasteiger partial charge < -0.3 is 10.1 Å².